The fraction of sp³-hybridized carbons (Fsp3) is 0.263. The van der Waals surface area contributed by atoms with Crippen molar-refractivity contribution in [2.75, 3.05) is 6.61 Å². The number of nitrogens with zero attached hydrogens (tertiary/aromatic N) is 1. The summed E-state index contributed by atoms with van der Waals surface area (Å²) in [5.74, 6) is 1.30. The van der Waals surface area contributed by atoms with Crippen LogP contribution in [0.25, 0.3) is 0 Å². The molecule has 2 rings (SSSR count). The minimum atomic E-state index is -0.0248. The summed E-state index contributed by atoms with van der Waals surface area (Å²) in [4.78, 5) is 13.1. The molecule has 2 aromatic carbocycles. The van der Waals surface area contributed by atoms with Crippen LogP contribution in [0.15, 0.2) is 53.4 Å². The van der Waals surface area contributed by atoms with E-state index in [0.717, 1.165) is 28.8 Å². The van der Waals surface area contributed by atoms with Gasteiger partial charge in [-0.2, -0.15) is 5.26 Å². The van der Waals surface area contributed by atoms with Gasteiger partial charge in [-0.3, -0.25) is 4.79 Å². The molecule has 23 heavy (non-hydrogen) atoms. The molecular formula is C19H19NO2S. The smallest absolute Gasteiger partial charge is 0.224 e. The summed E-state index contributed by atoms with van der Waals surface area (Å²) in [5, 5.41) is 8.75. The Hall–Kier alpha value is -2.25. The van der Waals surface area contributed by atoms with Gasteiger partial charge in [0.2, 0.25) is 5.12 Å². The molecular weight excluding hydrogens is 306 g/mol. The fourth-order valence-corrected chi connectivity index (χ4v) is 2.55. The fourth-order valence-electron chi connectivity index (χ4n) is 1.81. The molecule has 0 heterocycles. The van der Waals surface area contributed by atoms with Crippen LogP contribution in [0.4, 0.5) is 0 Å². The zero-order valence-corrected chi connectivity index (χ0v) is 14.1. The third-order valence-corrected chi connectivity index (χ3v) is 4.44. The minimum Gasteiger partial charge on any atom is -0.493 e. The third-order valence-electron chi connectivity index (χ3n) is 3.52. The maximum atomic E-state index is 12.2. The highest BCUT2D eigenvalue weighted by Crippen LogP contribution is 2.24. The summed E-state index contributed by atoms with van der Waals surface area (Å²) in [6.07, 6.45) is 1.08. The molecule has 0 N–H and O–H groups in total. The first-order chi connectivity index (χ1) is 11.1. The summed E-state index contributed by atoms with van der Waals surface area (Å²) in [5.41, 5.74) is 1.22. The highest BCUT2D eigenvalue weighted by Gasteiger charge is 2.09. The van der Waals surface area contributed by atoms with Gasteiger partial charge in [0, 0.05) is 10.5 Å². The van der Waals surface area contributed by atoms with Gasteiger partial charge in [-0.25, -0.2) is 0 Å². The lowest BCUT2D eigenvalue weighted by atomic mass is 10.1. The molecule has 0 aliphatic carbocycles. The van der Waals surface area contributed by atoms with E-state index in [-0.39, 0.29) is 5.12 Å². The SMILES string of the molecule is CCC(C)COc1ccc(C(=O)Sc2ccc(C#N)cc2)cc1. The van der Waals surface area contributed by atoms with Crippen molar-refractivity contribution in [1.82, 2.24) is 0 Å². The second kappa shape index (κ2) is 8.40. The van der Waals surface area contributed by atoms with E-state index in [1.807, 2.05) is 12.1 Å². The van der Waals surface area contributed by atoms with E-state index in [1.54, 1.807) is 36.4 Å². The maximum absolute atomic E-state index is 12.2. The number of nitriles is 1. The van der Waals surface area contributed by atoms with Crippen molar-refractivity contribution in [3.63, 3.8) is 0 Å². The second-order valence-corrected chi connectivity index (χ2v) is 6.42. The van der Waals surface area contributed by atoms with Gasteiger partial charge in [-0.1, -0.05) is 20.3 Å². The molecule has 0 aliphatic rings. The molecule has 2 aromatic rings. The van der Waals surface area contributed by atoms with E-state index in [4.69, 9.17) is 10.00 Å². The van der Waals surface area contributed by atoms with Crippen LogP contribution in [0.2, 0.25) is 0 Å². The zero-order chi connectivity index (χ0) is 16.7. The average molecular weight is 325 g/mol. The normalized spacial score (nSPS) is 11.5. The van der Waals surface area contributed by atoms with Crippen LogP contribution in [0.3, 0.4) is 0 Å². The van der Waals surface area contributed by atoms with Crippen molar-refractivity contribution in [2.45, 2.75) is 25.2 Å². The summed E-state index contributed by atoms with van der Waals surface area (Å²) in [7, 11) is 0. The summed E-state index contributed by atoms with van der Waals surface area (Å²) < 4.78 is 5.69. The van der Waals surface area contributed by atoms with Crippen LogP contribution in [0, 0.1) is 17.2 Å². The first-order valence-corrected chi connectivity index (χ1v) is 8.39. The third kappa shape index (κ3) is 5.15. The molecule has 0 amide bonds. The summed E-state index contributed by atoms with van der Waals surface area (Å²) >= 11 is 1.15. The molecule has 0 spiro atoms. The Morgan fingerprint density at radius 1 is 1.17 bits per heavy atom. The van der Waals surface area contributed by atoms with E-state index in [0.29, 0.717) is 23.7 Å². The van der Waals surface area contributed by atoms with Gasteiger partial charge in [-0.05, 0) is 66.2 Å². The summed E-state index contributed by atoms with van der Waals surface area (Å²) in [6, 6.07) is 16.3. The van der Waals surface area contributed by atoms with E-state index in [9.17, 15) is 4.79 Å². The number of rotatable bonds is 6. The molecule has 0 bridgehead atoms. The molecule has 0 saturated heterocycles. The van der Waals surface area contributed by atoms with E-state index >= 15 is 0 Å². The van der Waals surface area contributed by atoms with Crippen LogP contribution >= 0.6 is 11.8 Å². The van der Waals surface area contributed by atoms with Crippen molar-refractivity contribution >= 4 is 16.9 Å². The van der Waals surface area contributed by atoms with Crippen LogP contribution in [-0.4, -0.2) is 11.7 Å². The lowest BCUT2D eigenvalue weighted by molar-refractivity contribution is 0.108. The molecule has 0 aromatic heterocycles. The Morgan fingerprint density at radius 2 is 1.83 bits per heavy atom. The lowest BCUT2D eigenvalue weighted by Crippen LogP contribution is -2.07. The Kier molecular flexibility index (Phi) is 6.25. The van der Waals surface area contributed by atoms with Crippen molar-refractivity contribution in [3.05, 3.63) is 59.7 Å². The lowest BCUT2D eigenvalue weighted by Gasteiger charge is -2.11. The Bertz CT molecular complexity index is 687. The van der Waals surface area contributed by atoms with E-state index in [2.05, 4.69) is 19.9 Å². The standard InChI is InChI=1S/C19H19NO2S/c1-3-14(2)13-22-17-8-6-16(7-9-17)19(21)23-18-10-4-15(12-20)5-11-18/h4-11,14H,3,13H2,1-2H3. The van der Waals surface area contributed by atoms with Gasteiger partial charge in [0.25, 0.3) is 0 Å². The van der Waals surface area contributed by atoms with E-state index < -0.39 is 0 Å². The van der Waals surface area contributed by atoms with Crippen LogP contribution in [-0.2, 0) is 0 Å². The highest BCUT2D eigenvalue weighted by molar-refractivity contribution is 8.14. The van der Waals surface area contributed by atoms with Gasteiger partial charge in [0.1, 0.15) is 5.75 Å². The number of hydrogen-bond acceptors (Lipinski definition) is 4. The van der Waals surface area contributed by atoms with Crippen molar-refractivity contribution < 1.29 is 9.53 Å². The largest absolute Gasteiger partial charge is 0.493 e. The molecule has 4 heteroatoms. The monoisotopic (exact) mass is 325 g/mol. The predicted molar refractivity (Wildman–Crippen MR) is 92.7 cm³/mol. The number of hydrogen-bond donors (Lipinski definition) is 0. The van der Waals surface area contributed by atoms with Crippen LogP contribution in [0.5, 0.6) is 5.75 Å². The quantitative estimate of drug-likeness (QED) is 0.708. The molecule has 1 unspecified atom stereocenters. The second-order valence-electron chi connectivity index (χ2n) is 5.37. The Morgan fingerprint density at radius 3 is 2.39 bits per heavy atom. The molecule has 0 saturated carbocycles. The minimum absolute atomic E-state index is 0.0248. The number of benzene rings is 2. The van der Waals surface area contributed by atoms with Crippen molar-refractivity contribution in [2.24, 2.45) is 5.92 Å². The zero-order valence-electron chi connectivity index (χ0n) is 13.3. The molecule has 0 fully saturated rings. The van der Waals surface area contributed by atoms with Crippen LogP contribution in [0.1, 0.15) is 36.2 Å². The molecule has 118 valence electrons. The molecule has 1 atom stereocenters. The van der Waals surface area contributed by atoms with Crippen molar-refractivity contribution in [3.8, 4) is 11.8 Å². The van der Waals surface area contributed by atoms with Gasteiger partial charge in [0.15, 0.2) is 0 Å². The highest BCUT2D eigenvalue weighted by atomic mass is 32.2. The molecule has 3 nitrogen and oxygen atoms in total. The first-order valence-electron chi connectivity index (χ1n) is 7.57. The van der Waals surface area contributed by atoms with Crippen molar-refractivity contribution in [1.29, 1.82) is 5.26 Å². The average Bonchev–Trinajstić information content (AvgIpc) is 2.60. The molecule has 0 radical (unpaired) electrons. The van der Waals surface area contributed by atoms with Gasteiger partial charge >= 0.3 is 0 Å². The number of thioether (sulfide) groups is 1. The van der Waals surface area contributed by atoms with Gasteiger partial charge in [-0.15, -0.1) is 0 Å². The molecule has 0 aliphatic heterocycles. The predicted octanol–water partition coefficient (Wildman–Crippen LogP) is 4.92. The Balaban J connectivity index is 1.95. The van der Waals surface area contributed by atoms with Gasteiger partial charge in [0.05, 0.1) is 18.2 Å². The van der Waals surface area contributed by atoms with Crippen LogP contribution < -0.4 is 4.74 Å². The van der Waals surface area contributed by atoms with Gasteiger partial charge < -0.3 is 4.74 Å². The number of carbonyl (C=O) groups is 1. The Labute approximate surface area is 141 Å². The van der Waals surface area contributed by atoms with E-state index in [1.165, 1.54) is 0 Å². The maximum Gasteiger partial charge on any atom is 0.224 e. The number of ether oxygens (including phenoxy) is 1. The number of carbonyl (C=O) groups excluding carboxylic acids is 1. The topological polar surface area (TPSA) is 50.1 Å². The summed E-state index contributed by atoms with van der Waals surface area (Å²) in [6.45, 7) is 4.96. The first kappa shape index (κ1) is 17.1.